The van der Waals surface area contributed by atoms with E-state index in [0.717, 1.165) is 16.8 Å². The summed E-state index contributed by atoms with van der Waals surface area (Å²) in [5, 5.41) is 1.24. The van der Waals surface area contributed by atoms with Gasteiger partial charge in [0, 0.05) is 21.6 Å². The zero-order chi connectivity index (χ0) is 11.5. The van der Waals surface area contributed by atoms with Gasteiger partial charge >= 0.3 is 0 Å². The zero-order valence-electron chi connectivity index (χ0n) is 8.34. The highest BCUT2D eigenvalue weighted by Gasteiger charge is 2.01. The lowest BCUT2D eigenvalue weighted by molar-refractivity contribution is 1.18. The van der Waals surface area contributed by atoms with Gasteiger partial charge in [-0.05, 0) is 23.8 Å². The van der Waals surface area contributed by atoms with Crippen LogP contribution in [-0.4, -0.2) is 4.98 Å². The van der Waals surface area contributed by atoms with E-state index in [0.29, 0.717) is 10.4 Å². The van der Waals surface area contributed by atoms with Crippen molar-refractivity contribution in [3.05, 3.63) is 57.3 Å². The number of hydrogen-bond donors (Lipinski definition) is 1. The Balaban J connectivity index is 2.45. The number of H-pyrrole nitrogens is 1. The fourth-order valence-electron chi connectivity index (χ4n) is 1.41. The van der Waals surface area contributed by atoms with E-state index in [1.165, 1.54) is 0 Å². The van der Waals surface area contributed by atoms with E-state index in [-0.39, 0.29) is 5.56 Å². The van der Waals surface area contributed by atoms with Crippen LogP contribution < -0.4 is 5.56 Å². The Morgan fingerprint density at radius 2 is 1.81 bits per heavy atom. The first-order valence-electron chi connectivity index (χ1n) is 4.75. The molecule has 0 aliphatic carbocycles. The summed E-state index contributed by atoms with van der Waals surface area (Å²) >= 11 is 9.06. The van der Waals surface area contributed by atoms with E-state index in [4.69, 9.17) is 11.6 Å². The number of benzene rings is 1. The Morgan fingerprint density at radius 1 is 1.12 bits per heavy atom. The van der Waals surface area contributed by atoms with Crippen LogP contribution in [0.25, 0.3) is 11.3 Å². The van der Waals surface area contributed by atoms with Gasteiger partial charge < -0.3 is 4.98 Å². The van der Waals surface area contributed by atoms with Crippen LogP contribution in [0.2, 0.25) is 5.02 Å². The van der Waals surface area contributed by atoms with Crippen molar-refractivity contribution in [2.75, 3.05) is 0 Å². The number of aromatic nitrogens is 1. The molecule has 1 aromatic heterocycles. The summed E-state index contributed by atoms with van der Waals surface area (Å²) in [6.07, 6.45) is 0. The lowest BCUT2D eigenvalue weighted by Gasteiger charge is -2.02. The zero-order valence-corrected chi connectivity index (χ0v) is 10.7. The molecular formula is C12H9BrClNO. The van der Waals surface area contributed by atoms with Crippen molar-refractivity contribution in [1.29, 1.82) is 0 Å². The molecular weight excluding hydrogens is 289 g/mol. The molecule has 0 saturated heterocycles. The van der Waals surface area contributed by atoms with E-state index in [2.05, 4.69) is 20.9 Å². The molecule has 0 aliphatic heterocycles. The van der Waals surface area contributed by atoms with Gasteiger partial charge in [0.2, 0.25) is 0 Å². The van der Waals surface area contributed by atoms with E-state index < -0.39 is 0 Å². The molecule has 0 bridgehead atoms. The average Bonchev–Trinajstić information content (AvgIpc) is 2.30. The van der Waals surface area contributed by atoms with Crippen molar-refractivity contribution in [1.82, 2.24) is 4.98 Å². The Labute approximate surface area is 106 Å². The van der Waals surface area contributed by atoms with Crippen LogP contribution in [0.5, 0.6) is 0 Å². The molecule has 0 atom stereocenters. The standard InChI is InChI=1S/C12H9BrClNO/c13-7-9-3-6-11(15-12(9)16)8-1-4-10(14)5-2-8/h1-6H,7H2,(H,15,16). The number of nitrogens with one attached hydrogen (secondary N) is 1. The summed E-state index contributed by atoms with van der Waals surface area (Å²) in [6.45, 7) is 0. The van der Waals surface area contributed by atoms with Crippen molar-refractivity contribution >= 4 is 27.5 Å². The summed E-state index contributed by atoms with van der Waals surface area (Å²) in [5.74, 6) is 0. The molecule has 2 aromatic rings. The number of hydrogen-bond acceptors (Lipinski definition) is 1. The van der Waals surface area contributed by atoms with Gasteiger partial charge in [0.05, 0.1) is 0 Å². The average molecular weight is 299 g/mol. The van der Waals surface area contributed by atoms with E-state index >= 15 is 0 Å². The maximum absolute atomic E-state index is 11.6. The molecule has 0 unspecified atom stereocenters. The molecule has 1 aromatic carbocycles. The minimum absolute atomic E-state index is 0.0654. The van der Waals surface area contributed by atoms with Gasteiger partial charge in [-0.1, -0.05) is 45.7 Å². The first-order chi connectivity index (χ1) is 7.70. The highest BCUT2D eigenvalue weighted by atomic mass is 79.9. The van der Waals surface area contributed by atoms with E-state index in [1.54, 1.807) is 12.1 Å². The van der Waals surface area contributed by atoms with Gasteiger partial charge in [-0.25, -0.2) is 0 Å². The van der Waals surface area contributed by atoms with Crippen LogP contribution >= 0.6 is 27.5 Å². The van der Waals surface area contributed by atoms with Crippen LogP contribution in [0.1, 0.15) is 5.56 Å². The molecule has 0 aliphatic rings. The van der Waals surface area contributed by atoms with Crippen LogP contribution in [-0.2, 0) is 5.33 Å². The highest BCUT2D eigenvalue weighted by molar-refractivity contribution is 9.08. The highest BCUT2D eigenvalue weighted by Crippen LogP contribution is 2.18. The molecule has 0 fully saturated rings. The number of rotatable bonds is 2. The lowest BCUT2D eigenvalue weighted by atomic mass is 10.1. The Hall–Kier alpha value is -1.06. The van der Waals surface area contributed by atoms with Crippen LogP contribution in [0.3, 0.4) is 0 Å². The lowest BCUT2D eigenvalue weighted by Crippen LogP contribution is -2.11. The van der Waals surface area contributed by atoms with Gasteiger partial charge in [0.25, 0.3) is 5.56 Å². The summed E-state index contributed by atoms with van der Waals surface area (Å²) in [4.78, 5) is 14.4. The number of halogens is 2. The summed E-state index contributed by atoms with van der Waals surface area (Å²) < 4.78 is 0. The Bertz CT molecular complexity index is 548. The number of alkyl halides is 1. The molecule has 1 N–H and O–H groups in total. The molecule has 0 spiro atoms. The predicted molar refractivity (Wildman–Crippen MR) is 70.1 cm³/mol. The topological polar surface area (TPSA) is 32.9 Å². The second-order valence-electron chi connectivity index (χ2n) is 3.37. The Kier molecular flexibility index (Phi) is 3.46. The van der Waals surface area contributed by atoms with Crippen molar-refractivity contribution in [2.45, 2.75) is 5.33 Å². The molecule has 4 heteroatoms. The first-order valence-corrected chi connectivity index (χ1v) is 6.25. The fraction of sp³-hybridized carbons (Fsp3) is 0.0833. The third kappa shape index (κ3) is 2.36. The second kappa shape index (κ2) is 4.85. The molecule has 0 amide bonds. The molecule has 82 valence electrons. The first kappa shape index (κ1) is 11.4. The molecule has 2 rings (SSSR count). The normalized spacial score (nSPS) is 10.4. The van der Waals surface area contributed by atoms with Crippen LogP contribution in [0.4, 0.5) is 0 Å². The molecule has 16 heavy (non-hydrogen) atoms. The van der Waals surface area contributed by atoms with Crippen molar-refractivity contribution in [3.8, 4) is 11.3 Å². The van der Waals surface area contributed by atoms with E-state index in [1.807, 2.05) is 24.3 Å². The quantitative estimate of drug-likeness (QED) is 0.844. The van der Waals surface area contributed by atoms with Gasteiger partial charge in [0.15, 0.2) is 0 Å². The van der Waals surface area contributed by atoms with Gasteiger partial charge in [0.1, 0.15) is 0 Å². The minimum Gasteiger partial charge on any atom is -0.322 e. The molecule has 0 radical (unpaired) electrons. The van der Waals surface area contributed by atoms with Gasteiger partial charge in [-0.3, -0.25) is 4.79 Å². The third-order valence-corrected chi connectivity index (χ3v) is 3.15. The SMILES string of the molecule is O=c1[nH]c(-c2ccc(Cl)cc2)ccc1CBr. The van der Waals surface area contributed by atoms with Crippen LogP contribution in [0.15, 0.2) is 41.2 Å². The Morgan fingerprint density at radius 3 is 2.38 bits per heavy atom. The maximum Gasteiger partial charge on any atom is 0.252 e. The van der Waals surface area contributed by atoms with Crippen molar-refractivity contribution in [2.24, 2.45) is 0 Å². The van der Waals surface area contributed by atoms with Crippen molar-refractivity contribution in [3.63, 3.8) is 0 Å². The van der Waals surface area contributed by atoms with Gasteiger partial charge in [-0.15, -0.1) is 0 Å². The van der Waals surface area contributed by atoms with Gasteiger partial charge in [-0.2, -0.15) is 0 Å². The maximum atomic E-state index is 11.6. The summed E-state index contributed by atoms with van der Waals surface area (Å²) in [7, 11) is 0. The number of aromatic amines is 1. The summed E-state index contributed by atoms with van der Waals surface area (Å²) in [5.41, 5.74) is 2.40. The van der Waals surface area contributed by atoms with Crippen molar-refractivity contribution < 1.29 is 0 Å². The predicted octanol–water partition coefficient (Wildman–Crippen LogP) is 3.59. The van der Waals surface area contributed by atoms with E-state index in [9.17, 15) is 4.79 Å². The largest absolute Gasteiger partial charge is 0.322 e. The molecule has 1 heterocycles. The molecule has 2 nitrogen and oxygen atoms in total. The third-order valence-electron chi connectivity index (χ3n) is 2.29. The molecule has 0 saturated carbocycles. The minimum atomic E-state index is -0.0654. The monoisotopic (exact) mass is 297 g/mol. The number of pyridine rings is 1. The summed E-state index contributed by atoms with van der Waals surface area (Å²) in [6, 6.07) is 11.1. The van der Waals surface area contributed by atoms with Crippen LogP contribution in [0, 0.1) is 0 Å². The smallest absolute Gasteiger partial charge is 0.252 e. The fourth-order valence-corrected chi connectivity index (χ4v) is 1.97. The second-order valence-corrected chi connectivity index (χ2v) is 4.36.